The summed E-state index contributed by atoms with van der Waals surface area (Å²) in [5, 5.41) is 1.28. The van der Waals surface area contributed by atoms with Crippen LogP contribution in [0.4, 0.5) is 10.6 Å². The first kappa shape index (κ1) is 13.4. The second kappa shape index (κ2) is 5.14. The lowest BCUT2D eigenvalue weighted by molar-refractivity contribution is 0.0564. The summed E-state index contributed by atoms with van der Waals surface area (Å²) in [6.45, 7) is 7.33. The number of hydrogen-bond acceptors (Lipinski definition) is 4. The average Bonchev–Trinajstić information content (AvgIpc) is 2.15. The Labute approximate surface area is 102 Å². The van der Waals surface area contributed by atoms with Crippen LogP contribution < -0.4 is 10.4 Å². The Morgan fingerprint density at radius 1 is 1.41 bits per heavy atom. The molecular formula is C12H19N3O2. The van der Waals surface area contributed by atoms with E-state index in [0.717, 1.165) is 5.69 Å². The van der Waals surface area contributed by atoms with Gasteiger partial charge in [-0.25, -0.2) is 15.2 Å². The van der Waals surface area contributed by atoms with Gasteiger partial charge in [-0.15, -0.1) is 0 Å². The van der Waals surface area contributed by atoms with Crippen LogP contribution in [-0.4, -0.2) is 23.7 Å². The number of amides is 1. The van der Waals surface area contributed by atoms with E-state index in [9.17, 15) is 4.79 Å². The molecule has 0 aromatic carbocycles. The van der Waals surface area contributed by atoms with Crippen molar-refractivity contribution in [1.82, 2.24) is 10.4 Å². The predicted octanol–water partition coefficient (Wildman–Crippen LogP) is 2.27. The van der Waals surface area contributed by atoms with Gasteiger partial charge in [-0.05, 0) is 39.8 Å². The van der Waals surface area contributed by atoms with Crippen molar-refractivity contribution in [3.05, 3.63) is 23.9 Å². The molecule has 1 heterocycles. The van der Waals surface area contributed by atoms with Gasteiger partial charge in [-0.3, -0.25) is 0 Å². The first-order chi connectivity index (χ1) is 7.83. The van der Waals surface area contributed by atoms with Gasteiger partial charge in [0.25, 0.3) is 0 Å². The van der Waals surface area contributed by atoms with Crippen LogP contribution in [0.3, 0.4) is 0 Å². The molecular weight excluding hydrogens is 218 g/mol. The van der Waals surface area contributed by atoms with E-state index in [-0.39, 0.29) is 0 Å². The molecule has 0 radical (unpaired) electrons. The van der Waals surface area contributed by atoms with Gasteiger partial charge in [-0.1, -0.05) is 6.07 Å². The molecule has 0 saturated heterocycles. The van der Waals surface area contributed by atoms with E-state index in [4.69, 9.17) is 4.74 Å². The van der Waals surface area contributed by atoms with Crippen LogP contribution in [0.2, 0.25) is 0 Å². The second-order valence-corrected chi connectivity index (χ2v) is 4.68. The van der Waals surface area contributed by atoms with Gasteiger partial charge in [0.05, 0.1) is 0 Å². The molecule has 5 heteroatoms. The normalized spacial score (nSPS) is 11.1. The zero-order valence-corrected chi connectivity index (χ0v) is 10.9. The summed E-state index contributed by atoms with van der Waals surface area (Å²) >= 11 is 0. The van der Waals surface area contributed by atoms with Crippen molar-refractivity contribution < 1.29 is 9.53 Å². The number of nitrogens with one attached hydrogen (secondary N) is 1. The summed E-state index contributed by atoms with van der Waals surface area (Å²) in [4.78, 5) is 16.2. The Balaban J connectivity index is 2.88. The molecule has 1 rings (SSSR count). The maximum absolute atomic E-state index is 11.9. The van der Waals surface area contributed by atoms with Crippen LogP contribution in [0.15, 0.2) is 18.2 Å². The maximum atomic E-state index is 11.9. The van der Waals surface area contributed by atoms with Crippen LogP contribution in [0, 0.1) is 6.92 Å². The van der Waals surface area contributed by atoms with Gasteiger partial charge in [0.1, 0.15) is 5.60 Å². The highest BCUT2D eigenvalue weighted by atomic mass is 16.6. The zero-order chi connectivity index (χ0) is 13.1. The summed E-state index contributed by atoms with van der Waals surface area (Å²) in [5.41, 5.74) is 3.07. The first-order valence-electron chi connectivity index (χ1n) is 5.47. The molecule has 0 bridgehead atoms. The summed E-state index contributed by atoms with van der Waals surface area (Å²) in [7, 11) is 1.65. The summed E-state index contributed by atoms with van der Waals surface area (Å²) in [5.74, 6) is 0.516. The van der Waals surface area contributed by atoms with Gasteiger partial charge in [-0.2, -0.15) is 5.01 Å². The highest BCUT2D eigenvalue weighted by Gasteiger charge is 2.23. The smallest absolute Gasteiger partial charge is 0.430 e. The third kappa shape index (κ3) is 4.03. The fraction of sp³-hybridized carbons (Fsp3) is 0.500. The van der Waals surface area contributed by atoms with Crippen LogP contribution in [0.5, 0.6) is 0 Å². The number of anilines is 1. The Morgan fingerprint density at radius 3 is 2.53 bits per heavy atom. The summed E-state index contributed by atoms with van der Waals surface area (Å²) in [6.07, 6.45) is -0.474. The number of carbonyl (C=O) groups excluding carboxylic acids is 1. The lowest BCUT2D eigenvalue weighted by Gasteiger charge is -2.25. The summed E-state index contributed by atoms with van der Waals surface area (Å²) in [6, 6.07) is 5.45. The molecule has 0 spiro atoms. The molecule has 94 valence electrons. The third-order valence-corrected chi connectivity index (χ3v) is 1.90. The van der Waals surface area contributed by atoms with E-state index in [1.54, 1.807) is 13.1 Å². The van der Waals surface area contributed by atoms with Gasteiger partial charge in [0, 0.05) is 12.7 Å². The lowest BCUT2D eigenvalue weighted by atomic mass is 10.2. The van der Waals surface area contributed by atoms with Gasteiger partial charge >= 0.3 is 6.09 Å². The van der Waals surface area contributed by atoms with Gasteiger partial charge in [0.2, 0.25) is 0 Å². The van der Waals surface area contributed by atoms with E-state index in [1.807, 2.05) is 39.8 Å². The van der Waals surface area contributed by atoms with Crippen LogP contribution in [0.25, 0.3) is 0 Å². The topological polar surface area (TPSA) is 54.5 Å². The predicted molar refractivity (Wildman–Crippen MR) is 66.7 cm³/mol. The molecule has 17 heavy (non-hydrogen) atoms. The number of aryl methyl sites for hydroxylation is 1. The highest BCUT2D eigenvalue weighted by Crippen LogP contribution is 2.14. The molecule has 0 aliphatic heterocycles. The van der Waals surface area contributed by atoms with Crippen LogP contribution >= 0.6 is 0 Å². The van der Waals surface area contributed by atoms with E-state index < -0.39 is 11.7 Å². The minimum absolute atomic E-state index is 0.474. The molecule has 1 amide bonds. The number of ether oxygens (including phenoxy) is 1. The third-order valence-electron chi connectivity index (χ3n) is 1.90. The number of aromatic nitrogens is 1. The van der Waals surface area contributed by atoms with Crippen molar-refractivity contribution >= 4 is 11.9 Å². The minimum atomic E-state index is -0.532. The molecule has 1 N–H and O–H groups in total. The van der Waals surface area contributed by atoms with E-state index >= 15 is 0 Å². The zero-order valence-electron chi connectivity index (χ0n) is 10.9. The number of hydrazine groups is 1. The average molecular weight is 237 g/mol. The molecule has 0 fully saturated rings. The largest absolute Gasteiger partial charge is 0.442 e. The quantitative estimate of drug-likeness (QED) is 0.802. The Bertz CT molecular complexity index is 399. The van der Waals surface area contributed by atoms with Gasteiger partial charge < -0.3 is 4.74 Å². The van der Waals surface area contributed by atoms with E-state index in [2.05, 4.69) is 10.4 Å². The monoisotopic (exact) mass is 237 g/mol. The maximum Gasteiger partial charge on any atom is 0.430 e. The van der Waals surface area contributed by atoms with Gasteiger partial charge in [0.15, 0.2) is 5.82 Å². The number of rotatable bonds is 2. The van der Waals surface area contributed by atoms with E-state index in [1.165, 1.54) is 5.01 Å². The number of hydrogen-bond donors (Lipinski definition) is 1. The molecule has 0 aliphatic carbocycles. The number of nitrogens with zero attached hydrogens (tertiary/aromatic N) is 2. The Kier molecular flexibility index (Phi) is 4.07. The molecule has 0 aliphatic rings. The molecule has 0 saturated carbocycles. The minimum Gasteiger partial charge on any atom is -0.442 e. The van der Waals surface area contributed by atoms with Crippen LogP contribution in [0.1, 0.15) is 26.5 Å². The standard InChI is InChI=1S/C12H19N3O2/c1-9-7-6-8-10(14-9)15(13-5)11(16)17-12(2,3)4/h6-8,13H,1-5H3. The number of pyridine rings is 1. The van der Waals surface area contributed by atoms with Crippen molar-refractivity contribution in [3.8, 4) is 0 Å². The van der Waals surface area contributed by atoms with Crippen LogP contribution in [-0.2, 0) is 4.74 Å². The molecule has 0 atom stereocenters. The van der Waals surface area contributed by atoms with E-state index in [0.29, 0.717) is 5.82 Å². The molecule has 0 unspecified atom stereocenters. The Hall–Kier alpha value is -1.62. The number of carbonyl (C=O) groups is 1. The fourth-order valence-corrected chi connectivity index (χ4v) is 1.26. The second-order valence-electron chi connectivity index (χ2n) is 4.68. The molecule has 5 nitrogen and oxygen atoms in total. The fourth-order valence-electron chi connectivity index (χ4n) is 1.26. The van der Waals surface area contributed by atoms with Crippen molar-refractivity contribution in [2.24, 2.45) is 0 Å². The lowest BCUT2D eigenvalue weighted by Crippen LogP contribution is -2.44. The Morgan fingerprint density at radius 2 is 2.06 bits per heavy atom. The SMILES string of the molecule is CNN(C(=O)OC(C)(C)C)c1cccc(C)n1. The van der Waals surface area contributed by atoms with Crippen molar-refractivity contribution in [2.45, 2.75) is 33.3 Å². The van der Waals surface area contributed by atoms with Crippen molar-refractivity contribution in [2.75, 3.05) is 12.1 Å². The summed E-state index contributed by atoms with van der Waals surface area (Å²) < 4.78 is 5.27. The molecule has 1 aromatic rings. The molecule has 1 aromatic heterocycles. The first-order valence-corrected chi connectivity index (χ1v) is 5.47. The highest BCUT2D eigenvalue weighted by molar-refractivity contribution is 5.85. The van der Waals surface area contributed by atoms with Crippen molar-refractivity contribution in [3.63, 3.8) is 0 Å². The van der Waals surface area contributed by atoms with Crippen molar-refractivity contribution in [1.29, 1.82) is 0 Å².